The van der Waals surface area contributed by atoms with Crippen LogP contribution in [0.1, 0.15) is 16.1 Å². The van der Waals surface area contributed by atoms with Gasteiger partial charge in [-0.1, -0.05) is 29.3 Å². The Morgan fingerprint density at radius 3 is 2.58 bits per heavy atom. The maximum atomic E-state index is 12.2. The number of amides is 1. The Balaban J connectivity index is 1.88. The van der Waals surface area contributed by atoms with Crippen molar-refractivity contribution >= 4 is 28.9 Å². The van der Waals surface area contributed by atoms with Crippen molar-refractivity contribution in [3.8, 4) is 11.5 Å². The highest BCUT2D eigenvalue weighted by Crippen LogP contribution is 2.30. The van der Waals surface area contributed by atoms with Crippen molar-refractivity contribution in [1.29, 1.82) is 0 Å². The number of hydrogen-bond donors (Lipinski definition) is 2. The molecule has 1 heterocycles. The van der Waals surface area contributed by atoms with Gasteiger partial charge in [-0.25, -0.2) is 0 Å². The fourth-order valence-corrected chi connectivity index (χ4v) is 2.36. The number of anilines is 1. The third-order valence-electron chi connectivity index (χ3n) is 3.44. The molecule has 0 spiro atoms. The summed E-state index contributed by atoms with van der Waals surface area (Å²) in [6.07, 6.45) is 1.29. The fourth-order valence-electron chi connectivity index (χ4n) is 2.19. The highest BCUT2D eigenvalue weighted by molar-refractivity contribution is 6.34. The Morgan fingerprint density at radius 1 is 1.23 bits per heavy atom. The molecular weight excluding hydrogens is 360 g/mol. The number of non-ortho nitro benzene ring substituents is 1. The van der Waals surface area contributed by atoms with E-state index in [0.717, 1.165) is 5.56 Å². The summed E-state index contributed by atoms with van der Waals surface area (Å²) >= 11 is 5.85. The number of nitrogens with zero attached hydrogens (tertiary/aromatic N) is 2. The zero-order chi connectivity index (χ0) is 18.7. The van der Waals surface area contributed by atoms with E-state index >= 15 is 0 Å². The van der Waals surface area contributed by atoms with Crippen LogP contribution in [0, 0.1) is 17.0 Å². The minimum absolute atomic E-state index is 0.0548. The molecule has 9 heteroatoms. The van der Waals surface area contributed by atoms with Gasteiger partial charge in [0.25, 0.3) is 11.6 Å². The molecule has 1 aromatic heterocycles. The minimum Gasteiger partial charge on any atom is -0.457 e. The summed E-state index contributed by atoms with van der Waals surface area (Å²) in [5, 5.41) is 20.0. The lowest BCUT2D eigenvalue weighted by Gasteiger charge is -2.09. The number of aromatic nitrogens is 2. The van der Waals surface area contributed by atoms with Crippen LogP contribution in [0.25, 0.3) is 0 Å². The van der Waals surface area contributed by atoms with Crippen LogP contribution < -0.4 is 10.1 Å². The lowest BCUT2D eigenvalue weighted by atomic mass is 10.2. The number of aromatic amines is 1. The lowest BCUT2D eigenvalue weighted by Crippen LogP contribution is -2.13. The molecule has 0 unspecified atom stereocenters. The number of aryl methyl sites for hydroxylation is 1. The van der Waals surface area contributed by atoms with Crippen LogP contribution in [0.5, 0.6) is 11.5 Å². The number of nitro groups is 1. The minimum atomic E-state index is -0.575. The number of H-pyrrole nitrogens is 1. The Kier molecular flexibility index (Phi) is 4.85. The first-order chi connectivity index (χ1) is 12.4. The molecule has 132 valence electrons. The molecule has 1 amide bonds. The molecular formula is C17H13ClN4O4. The van der Waals surface area contributed by atoms with Gasteiger partial charge < -0.3 is 10.1 Å². The molecule has 0 saturated carbocycles. The number of nitrogens with one attached hydrogen (secondary N) is 2. The van der Waals surface area contributed by atoms with Crippen LogP contribution in [0.3, 0.4) is 0 Å². The van der Waals surface area contributed by atoms with Crippen molar-refractivity contribution in [3.05, 3.63) is 75.1 Å². The Hall–Kier alpha value is -3.39. The molecule has 0 fully saturated rings. The number of carbonyl (C=O) groups is 1. The fraction of sp³-hybridized carbons (Fsp3) is 0.0588. The molecule has 0 saturated heterocycles. The number of rotatable bonds is 5. The molecule has 8 nitrogen and oxygen atoms in total. The average molecular weight is 373 g/mol. The van der Waals surface area contributed by atoms with Crippen LogP contribution >= 0.6 is 11.6 Å². The predicted octanol–water partition coefficient (Wildman–Crippen LogP) is 4.32. The number of hydrogen-bond acceptors (Lipinski definition) is 5. The average Bonchev–Trinajstić information content (AvgIpc) is 3.03. The van der Waals surface area contributed by atoms with E-state index in [1.165, 1.54) is 24.4 Å². The Bertz CT molecular complexity index is 969. The van der Waals surface area contributed by atoms with E-state index in [0.29, 0.717) is 5.75 Å². The Morgan fingerprint density at radius 2 is 1.96 bits per heavy atom. The van der Waals surface area contributed by atoms with E-state index in [-0.39, 0.29) is 27.8 Å². The summed E-state index contributed by atoms with van der Waals surface area (Å²) in [5.74, 6) is 0.160. The van der Waals surface area contributed by atoms with Crippen molar-refractivity contribution in [2.75, 3.05) is 5.32 Å². The Labute approximate surface area is 152 Å². The maximum absolute atomic E-state index is 12.2. The van der Waals surface area contributed by atoms with Gasteiger partial charge in [0.1, 0.15) is 17.2 Å². The van der Waals surface area contributed by atoms with E-state index in [2.05, 4.69) is 15.5 Å². The number of nitro benzene ring substituents is 1. The summed E-state index contributed by atoms with van der Waals surface area (Å²) in [6, 6.07) is 11.2. The normalized spacial score (nSPS) is 10.4. The van der Waals surface area contributed by atoms with E-state index in [1.54, 1.807) is 12.1 Å². The number of carbonyl (C=O) groups excluding carboxylic acids is 1. The molecule has 2 aromatic carbocycles. The molecule has 0 atom stereocenters. The SMILES string of the molecule is Cc1ccc(Oc2cc(NC(=O)c3[nH]ncc3Cl)cc([N+](=O)[O-])c2)cc1. The standard InChI is InChI=1S/C17H13ClN4O4/c1-10-2-4-13(5-3-10)26-14-7-11(6-12(8-14)22(24)25)20-17(23)16-15(18)9-19-21-16/h2-9H,1H3,(H,19,21)(H,20,23). The first kappa shape index (κ1) is 17.4. The van der Waals surface area contributed by atoms with Crippen LogP contribution in [-0.4, -0.2) is 21.0 Å². The van der Waals surface area contributed by atoms with Gasteiger partial charge in [-0.2, -0.15) is 5.10 Å². The van der Waals surface area contributed by atoms with Gasteiger partial charge >= 0.3 is 0 Å². The molecule has 2 N–H and O–H groups in total. The van der Waals surface area contributed by atoms with Crippen molar-refractivity contribution in [2.45, 2.75) is 6.92 Å². The summed E-state index contributed by atoms with van der Waals surface area (Å²) in [7, 11) is 0. The van der Waals surface area contributed by atoms with E-state index in [1.807, 2.05) is 19.1 Å². The second-order valence-electron chi connectivity index (χ2n) is 5.43. The van der Waals surface area contributed by atoms with Gasteiger partial charge in [0.15, 0.2) is 0 Å². The van der Waals surface area contributed by atoms with Crippen molar-refractivity contribution < 1.29 is 14.5 Å². The predicted molar refractivity (Wildman–Crippen MR) is 95.9 cm³/mol. The molecule has 26 heavy (non-hydrogen) atoms. The van der Waals surface area contributed by atoms with E-state index < -0.39 is 10.8 Å². The number of ether oxygens (including phenoxy) is 1. The highest BCUT2D eigenvalue weighted by Gasteiger charge is 2.16. The van der Waals surface area contributed by atoms with Gasteiger partial charge in [0.05, 0.1) is 27.9 Å². The van der Waals surface area contributed by atoms with Gasteiger partial charge in [-0.3, -0.25) is 20.0 Å². The second-order valence-corrected chi connectivity index (χ2v) is 5.84. The topological polar surface area (TPSA) is 110 Å². The molecule has 3 aromatic rings. The molecule has 3 rings (SSSR count). The largest absolute Gasteiger partial charge is 0.457 e. The summed E-state index contributed by atoms with van der Waals surface area (Å²) in [6.45, 7) is 1.94. The first-order valence-electron chi connectivity index (χ1n) is 7.46. The third-order valence-corrected chi connectivity index (χ3v) is 3.72. The number of halogens is 1. The molecule has 0 aliphatic carbocycles. The van der Waals surface area contributed by atoms with Crippen molar-refractivity contribution in [3.63, 3.8) is 0 Å². The summed E-state index contributed by atoms with van der Waals surface area (Å²) < 4.78 is 5.66. The maximum Gasteiger partial charge on any atom is 0.275 e. The van der Waals surface area contributed by atoms with Crippen molar-refractivity contribution in [2.24, 2.45) is 0 Å². The highest BCUT2D eigenvalue weighted by atomic mass is 35.5. The van der Waals surface area contributed by atoms with Gasteiger partial charge in [0, 0.05) is 12.1 Å². The smallest absolute Gasteiger partial charge is 0.275 e. The molecule has 0 aliphatic heterocycles. The van der Waals surface area contributed by atoms with Crippen LogP contribution in [0.15, 0.2) is 48.7 Å². The summed E-state index contributed by atoms with van der Waals surface area (Å²) in [4.78, 5) is 22.8. The van der Waals surface area contributed by atoms with E-state index in [9.17, 15) is 14.9 Å². The second kappa shape index (κ2) is 7.24. The quantitative estimate of drug-likeness (QED) is 0.511. The zero-order valence-electron chi connectivity index (χ0n) is 13.5. The van der Waals surface area contributed by atoms with Gasteiger partial charge in [-0.05, 0) is 19.1 Å². The molecule has 0 bridgehead atoms. The van der Waals surface area contributed by atoms with Crippen LogP contribution in [0.2, 0.25) is 5.02 Å². The van der Waals surface area contributed by atoms with E-state index in [4.69, 9.17) is 16.3 Å². The van der Waals surface area contributed by atoms with Crippen molar-refractivity contribution in [1.82, 2.24) is 10.2 Å². The third kappa shape index (κ3) is 3.98. The summed E-state index contributed by atoms with van der Waals surface area (Å²) in [5.41, 5.74) is 1.08. The van der Waals surface area contributed by atoms with Gasteiger partial charge in [0.2, 0.25) is 0 Å². The lowest BCUT2D eigenvalue weighted by molar-refractivity contribution is -0.384. The molecule has 0 aliphatic rings. The monoisotopic (exact) mass is 372 g/mol. The molecule has 0 radical (unpaired) electrons. The van der Waals surface area contributed by atoms with Gasteiger partial charge in [-0.15, -0.1) is 0 Å². The van der Waals surface area contributed by atoms with Crippen LogP contribution in [-0.2, 0) is 0 Å². The zero-order valence-corrected chi connectivity index (χ0v) is 14.3. The first-order valence-corrected chi connectivity index (χ1v) is 7.84. The number of benzene rings is 2. The van der Waals surface area contributed by atoms with Crippen LogP contribution in [0.4, 0.5) is 11.4 Å².